The molecule has 0 saturated heterocycles. The Morgan fingerprint density at radius 2 is 1.66 bits per heavy atom. The van der Waals surface area contributed by atoms with Gasteiger partial charge in [0, 0.05) is 5.41 Å². The highest BCUT2D eigenvalue weighted by atomic mass is 16.5. The molecular weight excluding hydrogens is 356 g/mol. The molecule has 29 heavy (non-hydrogen) atoms. The molecule has 1 aromatic carbocycles. The monoisotopic (exact) mass is 386 g/mol. The van der Waals surface area contributed by atoms with E-state index in [2.05, 4.69) is 36.4 Å². The summed E-state index contributed by atoms with van der Waals surface area (Å²) in [7, 11) is 0. The number of hydrogen-bond donors (Lipinski definition) is 1. The number of allylic oxidation sites excluding steroid dienone is 2. The summed E-state index contributed by atoms with van der Waals surface area (Å²) in [6.45, 7) is 1.06. The van der Waals surface area contributed by atoms with E-state index in [4.69, 9.17) is 4.74 Å². The van der Waals surface area contributed by atoms with Gasteiger partial charge in [0.1, 0.15) is 5.75 Å². The van der Waals surface area contributed by atoms with Crippen LogP contribution in [0.15, 0.2) is 42.0 Å². The lowest BCUT2D eigenvalue weighted by Gasteiger charge is -2.42. The van der Waals surface area contributed by atoms with E-state index in [-0.39, 0.29) is 5.41 Å². The minimum Gasteiger partial charge on any atom is -0.493 e. The highest BCUT2D eigenvalue weighted by Gasteiger charge is 2.86. The first-order valence-corrected chi connectivity index (χ1v) is 12.3. The third kappa shape index (κ3) is 1.36. The van der Waals surface area contributed by atoms with E-state index in [1.807, 2.05) is 5.57 Å². The van der Waals surface area contributed by atoms with Crippen molar-refractivity contribution in [2.45, 2.75) is 19.3 Å². The van der Waals surface area contributed by atoms with Gasteiger partial charge < -0.3 is 9.84 Å². The van der Waals surface area contributed by atoms with Gasteiger partial charge in [-0.25, -0.2) is 0 Å². The Kier molecular flexibility index (Phi) is 2.48. The van der Waals surface area contributed by atoms with E-state index >= 15 is 0 Å². The Bertz CT molecular complexity index is 951. The third-order valence-corrected chi connectivity index (χ3v) is 12.3. The molecule has 14 atom stereocenters. The number of aliphatic hydroxyl groups excluding tert-OH is 1. The van der Waals surface area contributed by atoms with Gasteiger partial charge in [0.2, 0.25) is 0 Å². The Balaban J connectivity index is 1.24. The van der Waals surface area contributed by atoms with Crippen LogP contribution >= 0.6 is 0 Å². The summed E-state index contributed by atoms with van der Waals surface area (Å²) in [5, 5.41) is 11.1. The molecular formula is C27H30O2. The molecule has 0 amide bonds. The number of aliphatic hydroxyl groups is 1. The molecule has 0 bridgehead atoms. The van der Waals surface area contributed by atoms with Gasteiger partial charge in [0.05, 0.1) is 13.2 Å². The summed E-state index contributed by atoms with van der Waals surface area (Å²) in [5.74, 6) is 13.1. The van der Waals surface area contributed by atoms with Crippen LogP contribution in [0.25, 0.3) is 0 Å². The van der Waals surface area contributed by atoms with Crippen LogP contribution in [0, 0.1) is 82.3 Å². The van der Waals surface area contributed by atoms with E-state index in [1.54, 1.807) is 0 Å². The van der Waals surface area contributed by atoms with Crippen molar-refractivity contribution in [1.29, 1.82) is 0 Å². The number of benzene rings is 1. The molecule has 7 saturated carbocycles. The number of hydrogen-bond acceptors (Lipinski definition) is 2. The summed E-state index contributed by atoms with van der Waals surface area (Å²) < 4.78 is 6.50. The fourth-order valence-electron chi connectivity index (χ4n) is 12.6. The minimum absolute atomic E-state index is 0.0272. The predicted molar refractivity (Wildman–Crippen MR) is 109 cm³/mol. The first kappa shape index (κ1) is 15.5. The molecule has 0 aromatic heterocycles. The Morgan fingerprint density at radius 1 is 0.862 bits per heavy atom. The van der Waals surface area contributed by atoms with Crippen LogP contribution in [-0.2, 0) is 0 Å². The number of rotatable bonds is 4. The smallest absolute Gasteiger partial charge is 0.119 e. The molecule has 8 aliphatic rings. The van der Waals surface area contributed by atoms with Gasteiger partial charge in [-0.15, -0.1) is 0 Å². The molecule has 1 aromatic rings. The van der Waals surface area contributed by atoms with Crippen LogP contribution in [0.3, 0.4) is 0 Å². The molecule has 0 spiro atoms. The van der Waals surface area contributed by atoms with Crippen molar-refractivity contribution in [3.63, 3.8) is 0 Å². The standard InChI is InChI=1S/C27H30O2/c28-10-27(11-29-12-4-2-1-3-5-12)25-15-8-6-13-17-14-7-9-16-19(14)22-20(17)21(18(13)15)23(25)24(22)26(16)27/h1-5,8,13-14,16-26,28H,6-7,9-11H2/t13-,14-,16+,17-,18-,19+,20-,21+,22-,23+,24+,25+,26+,27-/m0/s1. The lowest BCUT2D eigenvalue weighted by molar-refractivity contribution is -0.0199. The average molecular weight is 387 g/mol. The zero-order chi connectivity index (χ0) is 18.6. The number of fused-ring (bicyclic) bond motifs is 4. The lowest BCUT2D eigenvalue weighted by Crippen LogP contribution is -2.45. The minimum atomic E-state index is -0.0272. The summed E-state index contributed by atoms with van der Waals surface area (Å²) in [5.41, 5.74) is 1.79. The van der Waals surface area contributed by atoms with E-state index in [9.17, 15) is 5.11 Å². The second-order valence-electron chi connectivity index (χ2n) is 12.1. The van der Waals surface area contributed by atoms with Crippen LogP contribution in [0.4, 0.5) is 0 Å². The molecule has 1 N–H and O–H groups in total. The van der Waals surface area contributed by atoms with Gasteiger partial charge in [0.25, 0.3) is 0 Å². The molecule has 0 unspecified atom stereocenters. The lowest BCUT2D eigenvalue weighted by atomic mass is 9.64. The maximum absolute atomic E-state index is 11.1. The van der Waals surface area contributed by atoms with Gasteiger partial charge in [-0.3, -0.25) is 0 Å². The zero-order valence-electron chi connectivity index (χ0n) is 16.9. The van der Waals surface area contributed by atoms with E-state index in [0.29, 0.717) is 12.5 Å². The van der Waals surface area contributed by atoms with Crippen molar-refractivity contribution in [1.82, 2.24) is 0 Å². The van der Waals surface area contributed by atoms with Gasteiger partial charge in [-0.05, 0) is 108 Å². The second kappa shape index (κ2) is 4.64. The summed E-state index contributed by atoms with van der Waals surface area (Å²) in [6.07, 6.45) is 6.99. The van der Waals surface area contributed by atoms with Crippen LogP contribution in [-0.4, -0.2) is 18.3 Å². The van der Waals surface area contributed by atoms with E-state index in [0.717, 1.165) is 83.4 Å². The Morgan fingerprint density at radius 3 is 2.52 bits per heavy atom. The molecule has 2 nitrogen and oxygen atoms in total. The van der Waals surface area contributed by atoms with Gasteiger partial charge in [0.15, 0.2) is 0 Å². The fraction of sp³-hybridized carbons (Fsp3) is 0.704. The molecule has 9 rings (SSSR count). The van der Waals surface area contributed by atoms with Crippen molar-refractivity contribution in [3.05, 3.63) is 42.0 Å². The molecule has 2 heteroatoms. The largest absolute Gasteiger partial charge is 0.493 e. The van der Waals surface area contributed by atoms with Gasteiger partial charge >= 0.3 is 0 Å². The highest BCUT2D eigenvalue weighted by molar-refractivity contribution is 5.43. The fourth-order valence-corrected chi connectivity index (χ4v) is 12.6. The van der Waals surface area contributed by atoms with Crippen molar-refractivity contribution < 1.29 is 9.84 Å². The number of ether oxygens (including phenoxy) is 1. The van der Waals surface area contributed by atoms with Crippen LogP contribution < -0.4 is 4.74 Å². The average Bonchev–Trinajstić information content (AvgIpc) is 3.53. The molecule has 0 radical (unpaired) electrons. The zero-order valence-corrected chi connectivity index (χ0v) is 16.9. The van der Waals surface area contributed by atoms with E-state index < -0.39 is 0 Å². The van der Waals surface area contributed by atoms with Crippen LogP contribution in [0.1, 0.15) is 19.3 Å². The Hall–Kier alpha value is -1.28. The molecule has 8 aliphatic carbocycles. The molecule has 150 valence electrons. The number of para-hydroxylation sites is 1. The Labute approximate surface area is 172 Å². The quantitative estimate of drug-likeness (QED) is 0.784. The first-order chi connectivity index (χ1) is 14.3. The van der Waals surface area contributed by atoms with Crippen molar-refractivity contribution >= 4 is 0 Å². The predicted octanol–water partition coefficient (Wildman–Crippen LogP) is 4.26. The molecule has 0 heterocycles. The van der Waals surface area contributed by atoms with Crippen molar-refractivity contribution in [3.8, 4) is 5.75 Å². The van der Waals surface area contributed by atoms with Crippen molar-refractivity contribution in [2.24, 2.45) is 82.3 Å². The van der Waals surface area contributed by atoms with Crippen LogP contribution in [0.2, 0.25) is 0 Å². The summed E-state index contributed by atoms with van der Waals surface area (Å²) in [4.78, 5) is 0. The second-order valence-corrected chi connectivity index (χ2v) is 12.1. The first-order valence-electron chi connectivity index (χ1n) is 12.3. The summed E-state index contributed by atoms with van der Waals surface area (Å²) in [6, 6.07) is 10.4. The maximum Gasteiger partial charge on any atom is 0.119 e. The van der Waals surface area contributed by atoms with E-state index in [1.165, 1.54) is 19.3 Å². The maximum atomic E-state index is 11.1. The normalized spacial score (nSPS) is 62.5. The molecule has 7 fully saturated rings. The van der Waals surface area contributed by atoms with Gasteiger partial charge in [-0.1, -0.05) is 29.8 Å². The topological polar surface area (TPSA) is 29.5 Å². The van der Waals surface area contributed by atoms with Crippen LogP contribution in [0.5, 0.6) is 5.75 Å². The highest BCUT2D eigenvalue weighted by Crippen LogP contribution is 2.90. The SMILES string of the molecule is OC[C@@]1(COc2ccccc2)[C@@H]2[C@@H]3CC[C@H]4[C@@H]5[C@@H]6CC=C7[C@H]6[C@@H]6[C@H]5[C@H]([C@@H]34)[C@@H]2[C@@H]6[C@@H]71. The van der Waals surface area contributed by atoms with Crippen molar-refractivity contribution in [2.75, 3.05) is 13.2 Å². The summed E-state index contributed by atoms with van der Waals surface area (Å²) >= 11 is 0. The third-order valence-electron chi connectivity index (χ3n) is 12.3. The van der Waals surface area contributed by atoms with Gasteiger partial charge in [-0.2, -0.15) is 0 Å². The molecule has 0 aliphatic heterocycles.